The van der Waals surface area contributed by atoms with Crippen LogP contribution in [0.4, 0.5) is 17.1 Å². The van der Waals surface area contributed by atoms with Gasteiger partial charge in [-0.1, -0.05) is 18.2 Å². The molecule has 1 aliphatic rings. The van der Waals surface area contributed by atoms with Gasteiger partial charge in [0.1, 0.15) is 0 Å². The third-order valence-electron chi connectivity index (χ3n) is 6.13. The van der Waals surface area contributed by atoms with E-state index >= 15 is 0 Å². The number of hydrogen-bond acceptors (Lipinski definition) is 5. The van der Waals surface area contributed by atoms with Crippen LogP contribution in [0.3, 0.4) is 0 Å². The summed E-state index contributed by atoms with van der Waals surface area (Å²) < 4.78 is 7.66. The van der Waals surface area contributed by atoms with E-state index in [1.54, 1.807) is 6.07 Å². The van der Waals surface area contributed by atoms with E-state index in [0.717, 1.165) is 28.4 Å². The maximum atomic E-state index is 13.3. The van der Waals surface area contributed by atoms with E-state index < -0.39 is 4.92 Å². The van der Waals surface area contributed by atoms with Gasteiger partial charge in [0, 0.05) is 59.3 Å². The Balaban J connectivity index is 1.53. The van der Waals surface area contributed by atoms with E-state index in [1.165, 1.54) is 12.1 Å². The minimum absolute atomic E-state index is 0.112. The Labute approximate surface area is 190 Å². The molecule has 1 amide bonds. The summed E-state index contributed by atoms with van der Waals surface area (Å²) in [5.41, 5.74) is 3.73. The van der Waals surface area contributed by atoms with Gasteiger partial charge in [-0.15, -0.1) is 0 Å². The van der Waals surface area contributed by atoms with Gasteiger partial charge in [-0.2, -0.15) is 0 Å². The van der Waals surface area contributed by atoms with Crippen molar-refractivity contribution in [2.75, 3.05) is 36.5 Å². The highest BCUT2D eigenvalue weighted by atomic mass is 16.6. The fraction of sp³-hybridized carbons (Fsp3) is 0.240. The van der Waals surface area contributed by atoms with E-state index in [2.05, 4.69) is 28.9 Å². The van der Waals surface area contributed by atoms with E-state index in [9.17, 15) is 14.9 Å². The number of hydrogen-bond donors (Lipinski definition) is 1. The van der Waals surface area contributed by atoms with Crippen molar-refractivity contribution in [2.24, 2.45) is 0 Å². The van der Waals surface area contributed by atoms with Crippen LogP contribution in [0.1, 0.15) is 17.3 Å². The van der Waals surface area contributed by atoms with Gasteiger partial charge < -0.3 is 19.5 Å². The number of non-ortho nitro benzene ring substituents is 1. The Kier molecular flexibility index (Phi) is 5.43. The van der Waals surface area contributed by atoms with Crippen molar-refractivity contribution in [1.29, 1.82) is 0 Å². The third kappa shape index (κ3) is 3.78. The van der Waals surface area contributed by atoms with E-state index in [4.69, 9.17) is 4.74 Å². The molecule has 0 saturated carbocycles. The van der Waals surface area contributed by atoms with Crippen LogP contribution in [0.25, 0.3) is 21.8 Å². The molecule has 0 unspecified atom stereocenters. The van der Waals surface area contributed by atoms with Crippen LogP contribution >= 0.6 is 0 Å². The lowest BCUT2D eigenvalue weighted by atomic mass is 10.1. The number of para-hydroxylation sites is 1. The predicted octanol–water partition coefficient (Wildman–Crippen LogP) is 4.81. The molecule has 8 heteroatoms. The normalized spacial score (nSPS) is 14.0. The minimum Gasteiger partial charge on any atom is -0.378 e. The zero-order valence-corrected chi connectivity index (χ0v) is 18.3. The number of ether oxygens (including phenoxy) is 1. The molecule has 4 aromatic rings. The molecule has 1 saturated heterocycles. The summed E-state index contributed by atoms with van der Waals surface area (Å²) in [6, 6.07) is 18.5. The molecule has 1 fully saturated rings. The highest BCUT2D eigenvalue weighted by Crippen LogP contribution is 2.32. The lowest BCUT2D eigenvalue weighted by molar-refractivity contribution is -0.384. The Morgan fingerprint density at radius 1 is 1.03 bits per heavy atom. The first-order valence-corrected chi connectivity index (χ1v) is 11.0. The molecule has 0 radical (unpaired) electrons. The molecular weight excluding hydrogens is 420 g/mol. The van der Waals surface area contributed by atoms with Crippen LogP contribution in [-0.2, 0) is 11.3 Å². The summed E-state index contributed by atoms with van der Waals surface area (Å²) in [6.07, 6.45) is 0. The lowest BCUT2D eigenvalue weighted by Gasteiger charge is -2.30. The van der Waals surface area contributed by atoms with Crippen LogP contribution < -0.4 is 10.2 Å². The number of nitrogens with one attached hydrogen (secondary N) is 1. The van der Waals surface area contributed by atoms with Crippen molar-refractivity contribution in [3.63, 3.8) is 0 Å². The number of nitro benzene ring substituents is 1. The smallest absolute Gasteiger partial charge is 0.270 e. The van der Waals surface area contributed by atoms with Gasteiger partial charge >= 0.3 is 0 Å². The van der Waals surface area contributed by atoms with E-state index in [-0.39, 0.29) is 17.2 Å². The van der Waals surface area contributed by atoms with Crippen LogP contribution in [0.5, 0.6) is 0 Å². The number of amides is 1. The number of anilines is 2. The Bertz CT molecular complexity index is 1370. The molecule has 0 bridgehead atoms. The maximum Gasteiger partial charge on any atom is 0.270 e. The van der Waals surface area contributed by atoms with Crippen LogP contribution in [0, 0.1) is 10.1 Å². The number of morpholine rings is 1. The Morgan fingerprint density at radius 2 is 1.79 bits per heavy atom. The predicted molar refractivity (Wildman–Crippen MR) is 129 cm³/mol. The van der Waals surface area contributed by atoms with Crippen LogP contribution in [0.15, 0.2) is 60.7 Å². The molecule has 0 atom stereocenters. The van der Waals surface area contributed by atoms with Crippen LogP contribution in [-0.4, -0.2) is 41.7 Å². The van der Waals surface area contributed by atoms with Gasteiger partial charge in [0.2, 0.25) is 0 Å². The SMILES string of the molecule is CCn1c2ccccc2c2cc(NC(=O)c3cc([N+](=O)[O-])ccc3N3CCOCC3)ccc21. The van der Waals surface area contributed by atoms with Gasteiger partial charge in [-0.25, -0.2) is 0 Å². The maximum absolute atomic E-state index is 13.3. The monoisotopic (exact) mass is 444 g/mol. The van der Waals surface area contributed by atoms with Crippen molar-refractivity contribution in [3.05, 3.63) is 76.3 Å². The Morgan fingerprint density at radius 3 is 2.55 bits per heavy atom. The molecule has 2 heterocycles. The number of aryl methyl sites for hydroxylation is 1. The van der Waals surface area contributed by atoms with Crippen molar-refractivity contribution in [2.45, 2.75) is 13.5 Å². The summed E-state index contributed by atoms with van der Waals surface area (Å²) in [4.78, 5) is 26.2. The number of aromatic nitrogens is 1. The molecule has 1 aromatic heterocycles. The van der Waals surface area contributed by atoms with Crippen molar-refractivity contribution >= 4 is 44.8 Å². The minimum atomic E-state index is -0.481. The second kappa shape index (κ2) is 8.55. The fourth-order valence-corrected chi connectivity index (χ4v) is 4.57. The fourth-order valence-electron chi connectivity index (χ4n) is 4.57. The second-order valence-electron chi connectivity index (χ2n) is 8.01. The Hall–Kier alpha value is -3.91. The van der Waals surface area contributed by atoms with Gasteiger partial charge in [0.05, 0.1) is 29.4 Å². The number of nitrogens with zero attached hydrogens (tertiary/aromatic N) is 3. The first-order chi connectivity index (χ1) is 16.1. The highest BCUT2D eigenvalue weighted by Gasteiger charge is 2.22. The number of rotatable bonds is 5. The third-order valence-corrected chi connectivity index (χ3v) is 6.13. The van der Waals surface area contributed by atoms with Crippen LogP contribution in [0.2, 0.25) is 0 Å². The average molecular weight is 444 g/mol. The molecule has 168 valence electrons. The molecule has 33 heavy (non-hydrogen) atoms. The first kappa shape index (κ1) is 21.0. The highest BCUT2D eigenvalue weighted by molar-refractivity contribution is 6.12. The number of carbonyl (C=O) groups excluding carboxylic acids is 1. The van der Waals surface area contributed by atoms with Gasteiger partial charge in [0.15, 0.2) is 0 Å². The molecule has 5 rings (SSSR count). The van der Waals surface area contributed by atoms with Crippen molar-refractivity contribution in [1.82, 2.24) is 4.57 Å². The zero-order valence-electron chi connectivity index (χ0n) is 18.3. The molecule has 1 N–H and O–H groups in total. The standard InChI is InChI=1S/C25H24N4O4/c1-2-28-23-6-4-3-5-19(23)20-15-17(7-9-24(20)28)26-25(30)21-16-18(29(31)32)8-10-22(21)27-11-13-33-14-12-27/h3-10,15-16H,2,11-14H2,1H3,(H,26,30). The van der Waals surface area contributed by atoms with E-state index in [0.29, 0.717) is 37.7 Å². The first-order valence-electron chi connectivity index (χ1n) is 11.0. The van der Waals surface area contributed by atoms with Crippen molar-refractivity contribution in [3.8, 4) is 0 Å². The summed E-state index contributed by atoms with van der Waals surface area (Å²) in [5.74, 6) is -0.376. The summed E-state index contributed by atoms with van der Waals surface area (Å²) in [5, 5.41) is 16.5. The number of benzene rings is 3. The van der Waals surface area contributed by atoms with Gasteiger partial charge in [-0.3, -0.25) is 14.9 Å². The molecule has 0 aliphatic carbocycles. The average Bonchev–Trinajstić information content (AvgIpc) is 3.17. The van der Waals surface area contributed by atoms with Crippen molar-refractivity contribution < 1.29 is 14.5 Å². The molecule has 1 aliphatic heterocycles. The topological polar surface area (TPSA) is 89.6 Å². The number of fused-ring (bicyclic) bond motifs is 3. The van der Waals surface area contributed by atoms with Gasteiger partial charge in [-0.05, 0) is 37.3 Å². The van der Waals surface area contributed by atoms with E-state index in [1.807, 2.05) is 35.2 Å². The molecular formula is C25H24N4O4. The summed E-state index contributed by atoms with van der Waals surface area (Å²) in [7, 11) is 0. The molecule has 8 nitrogen and oxygen atoms in total. The second-order valence-corrected chi connectivity index (χ2v) is 8.01. The number of nitro groups is 1. The number of carbonyl (C=O) groups is 1. The summed E-state index contributed by atoms with van der Waals surface area (Å²) in [6.45, 7) is 5.30. The largest absolute Gasteiger partial charge is 0.378 e. The zero-order chi connectivity index (χ0) is 22.9. The van der Waals surface area contributed by atoms with Gasteiger partial charge in [0.25, 0.3) is 11.6 Å². The molecule has 0 spiro atoms. The lowest BCUT2D eigenvalue weighted by Crippen LogP contribution is -2.37. The summed E-state index contributed by atoms with van der Waals surface area (Å²) >= 11 is 0. The quantitative estimate of drug-likeness (QED) is 0.352. The molecule has 3 aromatic carbocycles.